The number of nitrogens with zero attached hydrogens (tertiary/aromatic N) is 3. The van der Waals surface area contributed by atoms with Gasteiger partial charge in [0, 0.05) is 43.1 Å². The lowest BCUT2D eigenvalue weighted by molar-refractivity contribution is -0.385. The van der Waals surface area contributed by atoms with Gasteiger partial charge in [0.2, 0.25) is 0 Å². The molecule has 0 N–H and O–H groups in total. The van der Waals surface area contributed by atoms with E-state index in [-0.39, 0.29) is 17.7 Å². The number of piperidine rings is 1. The standard InChI is InChI=1S/C22H23N3O4S/c1-13-6-7-16(12-18(13)25(27)28)21(26)24-10-8-17(9-11-24)29-22-23-19-14(2)4-5-15(3)20(19)30-22/h4-7,12,17H,8-11H2,1-3H3. The Hall–Kier alpha value is -3.00. The van der Waals surface area contributed by atoms with Crippen molar-refractivity contribution in [2.45, 2.75) is 39.7 Å². The highest BCUT2D eigenvalue weighted by Gasteiger charge is 2.27. The Balaban J connectivity index is 1.41. The van der Waals surface area contributed by atoms with E-state index in [4.69, 9.17) is 4.74 Å². The molecule has 2 aromatic carbocycles. The van der Waals surface area contributed by atoms with Gasteiger partial charge >= 0.3 is 0 Å². The second-order valence-electron chi connectivity index (χ2n) is 7.72. The van der Waals surface area contributed by atoms with Gasteiger partial charge in [-0.3, -0.25) is 14.9 Å². The average molecular weight is 426 g/mol. The number of nitro groups is 1. The molecule has 0 aliphatic carbocycles. The molecule has 1 saturated heterocycles. The molecule has 30 heavy (non-hydrogen) atoms. The minimum absolute atomic E-state index is 0.00239. The lowest BCUT2D eigenvalue weighted by atomic mass is 10.0. The zero-order chi connectivity index (χ0) is 21.4. The van der Waals surface area contributed by atoms with Crippen LogP contribution in [0.4, 0.5) is 5.69 Å². The number of hydrogen-bond donors (Lipinski definition) is 0. The third-order valence-corrected chi connectivity index (χ3v) is 6.65. The molecule has 1 aliphatic rings. The number of amides is 1. The van der Waals surface area contributed by atoms with Crippen molar-refractivity contribution in [1.82, 2.24) is 9.88 Å². The number of aromatic nitrogens is 1. The molecular weight excluding hydrogens is 402 g/mol. The third kappa shape index (κ3) is 3.87. The summed E-state index contributed by atoms with van der Waals surface area (Å²) in [6, 6.07) is 8.81. The number of rotatable bonds is 4. The first kappa shape index (κ1) is 20.3. The highest BCUT2D eigenvalue weighted by atomic mass is 32.1. The maximum Gasteiger partial charge on any atom is 0.274 e. The van der Waals surface area contributed by atoms with Gasteiger partial charge in [-0.1, -0.05) is 29.5 Å². The van der Waals surface area contributed by atoms with Gasteiger partial charge in [0.15, 0.2) is 0 Å². The summed E-state index contributed by atoms with van der Waals surface area (Å²) in [5.41, 5.74) is 4.18. The zero-order valence-electron chi connectivity index (χ0n) is 17.2. The number of nitro benzene ring substituents is 1. The fraction of sp³-hybridized carbons (Fsp3) is 0.364. The summed E-state index contributed by atoms with van der Waals surface area (Å²) >= 11 is 1.56. The first-order chi connectivity index (χ1) is 14.3. The Labute approximate surface area is 178 Å². The van der Waals surface area contributed by atoms with Gasteiger partial charge in [0.25, 0.3) is 16.8 Å². The molecule has 4 rings (SSSR count). The molecule has 0 unspecified atom stereocenters. The van der Waals surface area contributed by atoms with Gasteiger partial charge in [-0.2, -0.15) is 0 Å². The molecule has 7 nitrogen and oxygen atoms in total. The van der Waals surface area contributed by atoms with E-state index >= 15 is 0 Å². The second kappa shape index (κ2) is 8.02. The van der Waals surface area contributed by atoms with Crippen LogP contribution in [0, 0.1) is 30.9 Å². The van der Waals surface area contributed by atoms with Crippen LogP contribution in [0.1, 0.15) is 39.9 Å². The minimum atomic E-state index is -0.451. The Morgan fingerprint density at radius 2 is 1.80 bits per heavy atom. The van der Waals surface area contributed by atoms with Crippen LogP contribution in [0.25, 0.3) is 10.2 Å². The maximum atomic E-state index is 12.8. The summed E-state index contributed by atoms with van der Waals surface area (Å²) in [6.45, 7) is 6.89. The van der Waals surface area contributed by atoms with Crippen molar-refractivity contribution in [2.75, 3.05) is 13.1 Å². The van der Waals surface area contributed by atoms with Crippen LogP contribution in [0.15, 0.2) is 30.3 Å². The minimum Gasteiger partial charge on any atom is -0.467 e. The molecule has 0 bridgehead atoms. The summed E-state index contributed by atoms with van der Waals surface area (Å²) in [7, 11) is 0. The highest BCUT2D eigenvalue weighted by molar-refractivity contribution is 7.20. The Morgan fingerprint density at radius 1 is 1.13 bits per heavy atom. The Kier molecular flexibility index (Phi) is 5.42. The molecule has 0 saturated carbocycles. The van der Waals surface area contributed by atoms with Crippen molar-refractivity contribution in [2.24, 2.45) is 0 Å². The SMILES string of the molecule is Cc1ccc(C(=O)N2CCC(Oc3nc4c(C)ccc(C)c4s3)CC2)cc1[N+](=O)[O-]. The molecule has 1 aliphatic heterocycles. The van der Waals surface area contributed by atoms with Crippen LogP contribution in [-0.4, -0.2) is 39.9 Å². The predicted octanol–water partition coefficient (Wildman–Crippen LogP) is 4.81. The molecule has 2 heterocycles. The second-order valence-corrected chi connectivity index (χ2v) is 8.69. The molecule has 8 heteroatoms. The van der Waals surface area contributed by atoms with Crippen molar-refractivity contribution < 1.29 is 14.5 Å². The van der Waals surface area contributed by atoms with Crippen molar-refractivity contribution in [3.8, 4) is 5.19 Å². The van der Waals surface area contributed by atoms with E-state index < -0.39 is 4.92 Å². The van der Waals surface area contributed by atoms with Gasteiger partial charge in [-0.15, -0.1) is 0 Å². The molecule has 3 aromatic rings. The number of aryl methyl sites for hydroxylation is 3. The molecule has 0 radical (unpaired) electrons. The molecule has 1 fully saturated rings. The lowest BCUT2D eigenvalue weighted by Crippen LogP contribution is -2.41. The number of fused-ring (bicyclic) bond motifs is 1. The first-order valence-corrected chi connectivity index (χ1v) is 10.7. The molecule has 0 spiro atoms. The molecule has 1 amide bonds. The maximum absolute atomic E-state index is 12.8. The third-order valence-electron chi connectivity index (χ3n) is 5.57. The van der Waals surface area contributed by atoms with Gasteiger partial charge in [-0.25, -0.2) is 4.98 Å². The Morgan fingerprint density at radius 3 is 2.47 bits per heavy atom. The fourth-order valence-electron chi connectivity index (χ4n) is 3.73. The van der Waals surface area contributed by atoms with Crippen LogP contribution in [0.2, 0.25) is 0 Å². The number of carbonyl (C=O) groups excluding carboxylic acids is 1. The molecular formula is C22H23N3O4S. The molecule has 0 atom stereocenters. The van der Waals surface area contributed by atoms with E-state index in [0.717, 1.165) is 15.8 Å². The van der Waals surface area contributed by atoms with Gasteiger partial charge in [-0.05, 0) is 38.0 Å². The van der Waals surface area contributed by atoms with Crippen LogP contribution >= 0.6 is 11.3 Å². The van der Waals surface area contributed by atoms with E-state index in [2.05, 4.69) is 24.0 Å². The first-order valence-electron chi connectivity index (χ1n) is 9.91. The van der Waals surface area contributed by atoms with Gasteiger partial charge in [0.1, 0.15) is 6.10 Å². The summed E-state index contributed by atoms with van der Waals surface area (Å²) < 4.78 is 7.28. The van der Waals surface area contributed by atoms with Gasteiger partial charge in [0.05, 0.1) is 15.1 Å². The highest BCUT2D eigenvalue weighted by Crippen LogP contribution is 2.33. The van der Waals surface area contributed by atoms with Gasteiger partial charge < -0.3 is 9.64 Å². The number of likely N-dealkylation sites (tertiary alicyclic amines) is 1. The molecule has 1 aromatic heterocycles. The van der Waals surface area contributed by atoms with Crippen molar-refractivity contribution in [1.29, 1.82) is 0 Å². The topological polar surface area (TPSA) is 85.6 Å². The predicted molar refractivity (Wildman–Crippen MR) is 116 cm³/mol. The van der Waals surface area contributed by atoms with E-state index in [1.807, 2.05) is 6.92 Å². The van der Waals surface area contributed by atoms with Crippen LogP contribution < -0.4 is 4.74 Å². The molecule has 156 valence electrons. The number of thiazole rings is 1. The van der Waals surface area contributed by atoms with Crippen LogP contribution in [-0.2, 0) is 0 Å². The largest absolute Gasteiger partial charge is 0.467 e. The van der Waals surface area contributed by atoms with E-state index in [1.165, 1.54) is 11.6 Å². The summed E-state index contributed by atoms with van der Waals surface area (Å²) in [4.78, 5) is 29.9. The summed E-state index contributed by atoms with van der Waals surface area (Å²) in [6.07, 6.45) is 1.41. The quantitative estimate of drug-likeness (QED) is 0.442. The summed E-state index contributed by atoms with van der Waals surface area (Å²) in [5.74, 6) is -0.178. The van der Waals surface area contributed by atoms with Crippen molar-refractivity contribution in [3.63, 3.8) is 0 Å². The number of benzene rings is 2. The van der Waals surface area contributed by atoms with E-state index in [0.29, 0.717) is 42.3 Å². The normalized spacial score (nSPS) is 14.8. The van der Waals surface area contributed by atoms with Crippen molar-refractivity contribution >= 4 is 33.1 Å². The smallest absolute Gasteiger partial charge is 0.274 e. The van der Waals surface area contributed by atoms with Crippen molar-refractivity contribution in [3.05, 3.63) is 62.7 Å². The van der Waals surface area contributed by atoms with E-state index in [1.54, 1.807) is 35.3 Å². The monoisotopic (exact) mass is 425 g/mol. The fourth-order valence-corrected chi connectivity index (χ4v) is 4.76. The lowest BCUT2D eigenvalue weighted by Gasteiger charge is -2.31. The van der Waals surface area contributed by atoms with Crippen LogP contribution in [0.5, 0.6) is 5.19 Å². The number of hydrogen-bond acceptors (Lipinski definition) is 6. The summed E-state index contributed by atoms with van der Waals surface area (Å²) in [5, 5.41) is 11.8. The zero-order valence-corrected chi connectivity index (χ0v) is 18.0. The number of carbonyl (C=O) groups is 1. The number of ether oxygens (including phenoxy) is 1. The average Bonchev–Trinajstić information content (AvgIpc) is 3.16. The Bertz CT molecular complexity index is 1090. The van der Waals surface area contributed by atoms with E-state index in [9.17, 15) is 14.9 Å². The van der Waals surface area contributed by atoms with Crippen LogP contribution in [0.3, 0.4) is 0 Å².